The maximum absolute atomic E-state index is 13.1. The summed E-state index contributed by atoms with van der Waals surface area (Å²) in [5.41, 5.74) is 1.56. The molecule has 0 saturated carbocycles. The van der Waals surface area contributed by atoms with Gasteiger partial charge in [-0.25, -0.2) is 8.42 Å². The lowest BCUT2D eigenvalue weighted by Crippen LogP contribution is -2.28. The van der Waals surface area contributed by atoms with E-state index < -0.39 is 21.8 Å². The molecule has 1 amide bonds. The second kappa shape index (κ2) is 9.03. The van der Waals surface area contributed by atoms with Gasteiger partial charge in [0.05, 0.1) is 4.90 Å². The van der Waals surface area contributed by atoms with Crippen LogP contribution < -0.4 is 5.32 Å². The second-order valence-electron chi connectivity index (χ2n) is 7.84. The number of carbonyl (C=O) groups excluding carboxylic acids is 1. The van der Waals surface area contributed by atoms with Gasteiger partial charge in [-0.05, 0) is 42.0 Å². The Morgan fingerprint density at radius 1 is 0.794 bits per heavy atom. The molecule has 0 spiro atoms. The number of amides is 1. The Morgan fingerprint density at radius 2 is 1.47 bits per heavy atom. The number of hydrogen-bond donors (Lipinski definition) is 1. The number of nitrogens with one attached hydrogen (secondary N) is 1. The van der Waals surface area contributed by atoms with Crippen LogP contribution in [0.25, 0.3) is 11.0 Å². The number of benzene rings is 3. The number of sulfone groups is 1. The molecule has 0 aliphatic rings. The molecule has 2 aromatic heterocycles. The van der Waals surface area contributed by atoms with Crippen LogP contribution in [0.4, 0.5) is 0 Å². The number of furan rings is 2. The third-order valence-corrected chi connectivity index (χ3v) is 7.11. The van der Waals surface area contributed by atoms with Gasteiger partial charge in [0.25, 0.3) is 5.91 Å². The van der Waals surface area contributed by atoms with Gasteiger partial charge < -0.3 is 14.2 Å². The van der Waals surface area contributed by atoms with E-state index >= 15 is 0 Å². The minimum absolute atomic E-state index is 0.0234. The van der Waals surface area contributed by atoms with Gasteiger partial charge in [0.2, 0.25) is 0 Å². The normalized spacial score (nSPS) is 12.5. The largest absolute Gasteiger partial charge is 0.459 e. The maximum atomic E-state index is 13.1. The topological polar surface area (TPSA) is 89.5 Å². The van der Waals surface area contributed by atoms with E-state index in [1.54, 1.807) is 18.2 Å². The predicted octanol–water partition coefficient (Wildman–Crippen LogP) is 5.52. The van der Waals surface area contributed by atoms with Gasteiger partial charge in [0, 0.05) is 5.39 Å². The van der Waals surface area contributed by atoms with Crippen LogP contribution in [0.3, 0.4) is 0 Å². The molecular formula is C27H21NO5S. The van der Waals surface area contributed by atoms with Crippen LogP contribution in [0.5, 0.6) is 0 Å². The van der Waals surface area contributed by atoms with E-state index in [0.717, 1.165) is 16.5 Å². The Labute approximate surface area is 196 Å². The molecule has 1 atom stereocenters. The van der Waals surface area contributed by atoms with Gasteiger partial charge in [0.15, 0.2) is 15.6 Å². The van der Waals surface area contributed by atoms with Gasteiger partial charge in [0.1, 0.15) is 28.9 Å². The predicted molar refractivity (Wildman–Crippen MR) is 128 cm³/mol. The quantitative estimate of drug-likeness (QED) is 0.338. The number of hydrogen-bond acceptors (Lipinski definition) is 5. The number of carbonyl (C=O) groups is 1. The molecule has 2 heterocycles. The van der Waals surface area contributed by atoms with Gasteiger partial charge in [-0.3, -0.25) is 4.79 Å². The molecule has 0 aliphatic heterocycles. The molecule has 0 bridgehead atoms. The summed E-state index contributed by atoms with van der Waals surface area (Å²) < 4.78 is 36.9. The van der Waals surface area contributed by atoms with E-state index in [1.165, 1.54) is 24.3 Å². The average molecular weight is 472 g/mol. The Kier molecular flexibility index (Phi) is 5.77. The van der Waals surface area contributed by atoms with Crippen molar-refractivity contribution in [2.75, 3.05) is 0 Å². The van der Waals surface area contributed by atoms with Crippen LogP contribution in [0.15, 0.2) is 117 Å². The fraction of sp³-hybridized carbons (Fsp3) is 0.0741. The molecule has 170 valence electrons. The van der Waals surface area contributed by atoms with Crippen LogP contribution in [-0.2, 0) is 15.6 Å². The van der Waals surface area contributed by atoms with E-state index in [2.05, 4.69) is 5.32 Å². The molecule has 7 heteroatoms. The Bertz CT molecular complexity index is 1500. The molecule has 34 heavy (non-hydrogen) atoms. The van der Waals surface area contributed by atoms with Crippen LogP contribution in [0.1, 0.15) is 33.7 Å². The summed E-state index contributed by atoms with van der Waals surface area (Å²) in [6.07, 6.45) is 0. The molecule has 1 N–H and O–H groups in total. The molecule has 0 saturated heterocycles. The standard InChI is InChI=1S/C27H21NO5S/c29-27(24-16-15-21(32-24)18-34(30,31)22-12-5-2-6-13-22)28-26(19-9-3-1-4-10-19)25-17-20-11-7-8-14-23(20)33-25/h1-17,26H,18H2,(H,28,29). The number of rotatable bonds is 7. The van der Waals surface area contributed by atoms with E-state index in [0.29, 0.717) is 5.76 Å². The Balaban J connectivity index is 1.40. The van der Waals surface area contributed by atoms with Crippen molar-refractivity contribution in [3.63, 3.8) is 0 Å². The maximum Gasteiger partial charge on any atom is 0.287 e. The summed E-state index contributed by atoms with van der Waals surface area (Å²) in [6.45, 7) is 0. The fourth-order valence-corrected chi connectivity index (χ4v) is 5.06. The van der Waals surface area contributed by atoms with Crippen LogP contribution in [0.2, 0.25) is 0 Å². The number of fused-ring (bicyclic) bond motifs is 1. The van der Waals surface area contributed by atoms with Crippen molar-refractivity contribution in [1.29, 1.82) is 0 Å². The first kappa shape index (κ1) is 21.7. The Hall–Kier alpha value is -4.10. The van der Waals surface area contributed by atoms with E-state index in [9.17, 15) is 13.2 Å². The number of para-hydroxylation sites is 1. The third-order valence-electron chi connectivity index (χ3n) is 5.46. The molecule has 6 nitrogen and oxygen atoms in total. The highest BCUT2D eigenvalue weighted by atomic mass is 32.2. The fourth-order valence-electron chi connectivity index (χ4n) is 3.79. The summed E-state index contributed by atoms with van der Waals surface area (Å²) in [5, 5.41) is 3.89. The van der Waals surface area contributed by atoms with Gasteiger partial charge >= 0.3 is 0 Å². The van der Waals surface area contributed by atoms with Gasteiger partial charge in [-0.15, -0.1) is 0 Å². The first-order chi connectivity index (χ1) is 16.5. The molecule has 3 aromatic carbocycles. The zero-order chi connectivity index (χ0) is 23.5. The zero-order valence-electron chi connectivity index (χ0n) is 18.0. The van der Waals surface area contributed by atoms with Crippen molar-refractivity contribution in [3.8, 4) is 0 Å². The van der Waals surface area contributed by atoms with Crippen molar-refractivity contribution in [1.82, 2.24) is 5.32 Å². The first-order valence-corrected chi connectivity index (χ1v) is 12.4. The van der Waals surface area contributed by atoms with Gasteiger partial charge in [-0.2, -0.15) is 0 Å². The lowest BCUT2D eigenvalue weighted by Gasteiger charge is -2.16. The van der Waals surface area contributed by atoms with Crippen LogP contribution in [-0.4, -0.2) is 14.3 Å². The lowest BCUT2D eigenvalue weighted by atomic mass is 10.0. The Morgan fingerprint density at radius 3 is 2.21 bits per heavy atom. The summed E-state index contributed by atoms with van der Waals surface area (Å²) in [5.74, 6) is -0.0168. The van der Waals surface area contributed by atoms with Crippen molar-refractivity contribution in [3.05, 3.63) is 126 Å². The van der Waals surface area contributed by atoms with Crippen LogP contribution >= 0.6 is 0 Å². The average Bonchev–Trinajstić information content (AvgIpc) is 3.50. The summed E-state index contributed by atoms with van der Waals surface area (Å²) in [4.78, 5) is 13.3. The highest BCUT2D eigenvalue weighted by Crippen LogP contribution is 2.29. The smallest absolute Gasteiger partial charge is 0.287 e. The molecule has 0 aliphatic carbocycles. The minimum Gasteiger partial charge on any atom is -0.459 e. The highest BCUT2D eigenvalue weighted by molar-refractivity contribution is 7.90. The molecule has 1 unspecified atom stereocenters. The zero-order valence-corrected chi connectivity index (χ0v) is 18.9. The van der Waals surface area contributed by atoms with Crippen molar-refractivity contribution in [2.45, 2.75) is 16.7 Å². The monoisotopic (exact) mass is 471 g/mol. The van der Waals surface area contributed by atoms with Crippen molar-refractivity contribution < 1.29 is 22.0 Å². The SMILES string of the molecule is O=C(NC(c1ccccc1)c1cc2ccccc2o1)c1ccc(CS(=O)(=O)c2ccccc2)o1. The summed E-state index contributed by atoms with van der Waals surface area (Å²) in [7, 11) is -3.59. The van der Waals surface area contributed by atoms with E-state index in [-0.39, 0.29) is 22.2 Å². The minimum atomic E-state index is -3.59. The molecular weight excluding hydrogens is 450 g/mol. The second-order valence-corrected chi connectivity index (χ2v) is 9.83. The van der Waals surface area contributed by atoms with Gasteiger partial charge in [-0.1, -0.05) is 66.7 Å². The summed E-state index contributed by atoms with van der Waals surface area (Å²) in [6, 6.07) is 29.6. The van der Waals surface area contributed by atoms with Crippen molar-refractivity contribution in [2.24, 2.45) is 0 Å². The third kappa shape index (κ3) is 4.51. The molecule has 0 fully saturated rings. The van der Waals surface area contributed by atoms with E-state index in [1.807, 2.05) is 60.7 Å². The molecule has 0 radical (unpaired) electrons. The first-order valence-electron chi connectivity index (χ1n) is 10.7. The van der Waals surface area contributed by atoms with Crippen LogP contribution in [0, 0.1) is 0 Å². The lowest BCUT2D eigenvalue weighted by molar-refractivity contribution is 0.0909. The summed E-state index contributed by atoms with van der Waals surface area (Å²) >= 11 is 0. The highest BCUT2D eigenvalue weighted by Gasteiger charge is 2.24. The molecule has 5 aromatic rings. The van der Waals surface area contributed by atoms with E-state index in [4.69, 9.17) is 8.83 Å². The molecule has 5 rings (SSSR count). The van der Waals surface area contributed by atoms with Crippen molar-refractivity contribution >= 4 is 26.7 Å².